The standard InChI is InChI=1S/C26H26N2O5/c1-3-32-24(30)26(25(31)33-4-2)21-12-18(14-27)10-11-19(21)13-20-16-28(23(29)22(20)26)15-17-8-6-5-7-9-17/h5-12,20,22H,3-4,13,15-16H2,1-2H3/t20-,22+/m1/s1. The molecule has 1 amide bonds. The molecule has 0 unspecified atom stereocenters. The Morgan fingerprint density at radius 3 is 2.36 bits per heavy atom. The summed E-state index contributed by atoms with van der Waals surface area (Å²) in [6.45, 7) is 4.20. The van der Waals surface area contributed by atoms with Crippen molar-refractivity contribution in [2.75, 3.05) is 19.8 Å². The summed E-state index contributed by atoms with van der Waals surface area (Å²) in [6, 6.07) is 16.6. The van der Waals surface area contributed by atoms with E-state index >= 15 is 0 Å². The van der Waals surface area contributed by atoms with Crippen LogP contribution in [-0.2, 0) is 42.2 Å². The monoisotopic (exact) mass is 446 g/mol. The fourth-order valence-electron chi connectivity index (χ4n) is 5.23. The number of rotatable bonds is 6. The lowest BCUT2D eigenvalue weighted by Crippen LogP contribution is -2.58. The van der Waals surface area contributed by atoms with E-state index in [2.05, 4.69) is 6.07 Å². The molecule has 1 fully saturated rings. The molecule has 1 aliphatic heterocycles. The van der Waals surface area contributed by atoms with Crippen molar-refractivity contribution >= 4 is 17.8 Å². The van der Waals surface area contributed by atoms with Crippen LogP contribution >= 0.6 is 0 Å². The fourth-order valence-corrected chi connectivity index (χ4v) is 5.23. The Morgan fingerprint density at radius 2 is 1.76 bits per heavy atom. The van der Waals surface area contributed by atoms with Gasteiger partial charge in [-0.1, -0.05) is 36.4 Å². The Bertz CT molecular complexity index is 1100. The van der Waals surface area contributed by atoms with Crippen molar-refractivity contribution in [3.8, 4) is 6.07 Å². The number of likely N-dealkylation sites (tertiary alicyclic amines) is 1. The number of hydrogen-bond donors (Lipinski definition) is 0. The Balaban J connectivity index is 1.88. The summed E-state index contributed by atoms with van der Waals surface area (Å²) >= 11 is 0. The largest absolute Gasteiger partial charge is 0.465 e. The van der Waals surface area contributed by atoms with Gasteiger partial charge in [-0.15, -0.1) is 0 Å². The van der Waals surface area contributed by atoms with Crippen molar-refractivity contribution in [1.82, 2.24) is 4.90 Å². The van der Waals surface area contributed by atoms with Crippen LogP contribution < -0.4 is 0 Å². The summed E-state index contributed by atoms with van der Waals surface area (Å²) in [6.07, 6.45) is 0.517. The first-order chi connectivity index (χ1) is 16.0. The quantitative estimate of drug-likeness (QED) is 0.500. The molecule has 7 nitrogen and oxygen atoms in total. The van der Waals surface area contributed by atoms with Crippen molar-refractivity contribution in [1.29, 1.82) is 5.26 Å². The Morgan fingerprint density at radius 1 is 1.09 bits per heavy atom. The maximum atomic E-state index is 13.8. The highest BCUT2D eigenvalue weighted by Gasteiger charge is 2.66. The summed E-state index contributed by atoms with van der Waals surface area (Å²) in [5.74, 6) is -3.11. The van der Waals surface area contributed by atoms with Crippen molar-refractivity contribution < 1.29 is 23.9 Å². The van der Waals surface area contributed by atoms with Crippen LogP contribution in [0, 0.1) is 23.2 Å². The van der Waals surface area contributed by atoms with Gasteiger partial charge >= 0.3 is 11.9 Å². The van der Waals surface area contributed by atoms with E-state index in [4.69, 9.17) is 9.47 Å². The second kappa shape index (κ2) is 9.07. The molecule has 2 aromatic rings. The molecule has 1 saturated heterocycles. The topological polar surface area (TPSA) is 96.7 Å². The van der Waals surface area contributed by atoms with Gasteiger partial charge in [0.05, 0.1) is 30.8 Å². The number of ether oxygens (including phenoxy) is 2. The third kappa shape index (κ3) is 3.66. The number of carbonyl (C=O) groups excluding carboxylic acids is 3. The van der Waals surface area contributed by atoms with Crippen molar-refractivity contribution in [3.63, 3.8) is 0 Å². The number of fused-ring (bicyclic) bond motifs is 2. The van der Waals surface area contributed by atoms with Gasteiger partial charge in [-0.3, -0.25) is 14.4 Å². The summed E-state index contributed by atoms with van der Waals surface area (Å²) in [7, 11) is 0. The van der Waals surface area contributed by atoms with Crippen LogP contribution in [0.15, 0.2) is 48.5 Å². The van der Waals surface area contributed by atoms with E-state index in [1.807, 2.05) is 30.3 Å². The lowest BCUT2D eigenvalue weighted by Gasteiger charge is -2.41. The summed E-state index contributed by atoms with van der Waals surface area (Å²) in [4.78, 5) is 42.6. The summed E-state index contributed by atoms with van der Waals surface area (Å²) < 4.78 is 10.8. The van der Waals surface area contributed by atoms with Gasteiger partial charge in [0.25, 0.3) is 0 Å². The fraction of sp³-hybridized carbons (Fsp3) is 0.385. The van der Waals surface area contributed by atoms with Crippen molar-refractivity contribution in [3.05, 3.63) is 70.8 Å². The van der Waals surface area contributed by atoms with Crippen LogP contribution in [0.1, 0.15) is 36.1 Å². The average molecular weight is 447 g/mol. The summed E-state index contributed by atoms with van der Waals surface area (Å²) in [5.41, 5.74) is 0.420. The zero-order chi connectivity index (χ0) is 23.6. The molecule has 0 bridgehead atoms. The molecule has 1 heterocycles. The van der Waals surface area contributed by atoms with E-state index in [9.17, 15) is 19.6 Å². The lowest BCUT2D eigenvalue weighted by molar-refractivity contribution is -0.172. The van der Waals surface area contributed by atoms with E-state index in [0.717, 1.165) is 11.1 Å². The number of benzene rings is 2. The molecule has 4 rings (SSSR count). The zero-order valence-corrected chi connectivity index (χ0v) is 18.7. The number of nitriles is 1. The maximum absolute atomic E-state index is 13.8. The maximum Gasteiger partial charge on any atom is 0.328 e. The number of nitrogens with zero attached hydrogens (tertiary/aromatic N) is 2. The lowest BCUT2D eigenvalue weighted by atomic mass is 9.59. The molecule has 170 valence electrons. The highest BCUT2D eigenvalue weighted by atomic mass is 16.6. The number of esters is 2. The normalized spacial score (nSPS) is 20.4. The van der Waals surface area contributed by atoms with E-state index in [1.54, 1.807) is 30.9 Å². The smallest absolute Gasteiger partial charge is 0.328 e. The number of carbonyl (C=O) groups is 3. The van der Waals surface area contributed by atoms with Crippen LogP contribution in [0.2, 0.25) is 0 Å². The zero-order valence-electron chi connectivity index (χ0n) is 18.7. The second-order valence-electron chi connectivity index (χ2n) is 8.38. The third-order valence-electron chi connectivity index (χ3n) is 6.53. The van der Waals surface area contributed by atoms with E-state index < -0.39 is 23.3 Å². The molecule has 0 N–H and O–H groups in total. The second-order valence-corrected chi connectivity index (χ2v) is 8.38. The van der Waals surface area contributed by atoms with Gasteiger partial charge in [0.2, 0.25) is 11.3 Å². The van der Waals surface area contributed by atoms with Gasteiger partial charge in [-0.2, -0.15) is 5.26 Å². The minimum atomic E-state index is -1.94. The predicted molar refractivity (Wildman–Crippen MR) is 119 cm³/mol. The number of amides is 1. The van der Waals surface area contributed by atoms with Gasteiger partial charge in [0, 0.05) is 13.1 Å². The van der Waals surface area contributed by atoms with Crippen LogP contribution in [0.25, 0.3) is 0 Å². The van der Waals surface area contributed by atoms with E-state index in [-0.39, 0.29) is 25.0 Å². The van der Waals surface area contributed by atoms with Crippen molar-refractivity contribution in [2.24, 2.45) is 11.8 Å². The molecule has 2 aliphatic rings. The SMILES string of the molecule is CCOC(=O)C1(C(=O)OCC)c2cc(C#N)ccc2C[C@@H]2CN(Cc3ccccc3)C(=O)[C@H]21. The molecule has 1 aliphatic carbocycles. The molecule has 33 heavy (non-hydrogen) atoms. The van der Waals surface area contributed by atoms with Gasteiger partial charge in [-0.25, -0.2) is 0 Å². The molecule has 2 atom stereocenters. The Labute approximate surface area is 192 Å². The first kappa shape index (κ1) is 22.5. The Kier molecular flexibility index (Phi) is 6.19. The first-order valence-corrected chi connectivity index (χ1v) is 11.2. The minimum absolute atomic E-state index is 0.0482. The van der Waals surface area contributed by atoms with E-state index in [0.29, 0.717) is 30.6 Å². The third-order valence-corrected chi connectivity index (χ3v) is 6.53. The minimum Gasteiger partial charge on any atom is -0.465 e. The molecule has 0 radical (unpaired) electrons. The molecule has 2 aromatic carbocycles. The van der Waals surface area contributed by atoms with Gasteiger partial charge < -0.3 is 14.4 Å². The van der Waals surface area contributed by atoms with Crippen molar-refractivity contribution in [2.45, 2.75) is 32.2 Å². The predicted octanol–water partition coefficient (Wildman–Crippen LogP) is 2.75. The van der Waals surface area contributed by atoms with Crippen LogP contribution in [-0.4, -0.2) is 42.5 Å². The first-order valence-electron chi connectivity index (χ1n) is 11.2. The molecule has 0 spiro atoms. The van der Waals surface area contributed by atoms with Gasteiger partial charge in [-0.05, 0) is 55.0 Å². The summed E-state index contributed by atoms with van der Waals surface area (Å²) in [5, 5.41) is 9.48. The highest BCUT2D eigenvalue weighted by Crippen LogP contribution is 2.50. The van der Waals surface area contributed by atoms with E-state index in [1.165, 1.54) is 6.07 Å². The highest BCUT2D eigenvalue weighted by molar-refractivity contribution is 6.12. The van der Waals surface area contributed by atoms with Gasteiger partial charge in [0.15, 0.2) is 0 Å². The molecular formula is C26H26N2O5. The van der Waals surface area contributed by atoms with Crippen LogP contribution in [0.3, 0.4) is 0 Å². The van der Waals surface area contributed by atoms with Gasteiger partial charge in [0.1, 0.15) is 0 Å². The van der Waals surface area contributed by atoms with Crippen LogP contribution in [0.5, 0.6) is 0 Å². The average Bonchev–Trinajstić information content (AvgIpc) is 3.13. The number of hydrogen-bond acceptors (Lipinski definition) is 6. The molecular weight excluding hydrogens is 420 g/mol. The molecule has 7 heteroatoms. The molecule has 0 aromatic heterocycles. The Hall–Kier alpha value is -3.66. The molecule has 0 saturated carbocycles. The van der Waals surface area contributed by atoms with Crippen LogP contribution in [0.4, 0.5) is 0 Å².